The monoisotopic (exact) mass is 564 g/mol. The van der Waals surface area contributed by atoms with Crippen LogP contribution in [0.15, 0.2) is 78.9 Å². The SMILES string of the molecule is CN(Cc1ccccc1)C(=O)CN1CCC[C@H](OCc2cc(C(F)(F)F)cc(C(F)(F)F)c2)[C@@H]1c1ccccc1. The fraction of sp³-hybridized carbons (Fsp3) is 0.367. The third-order valence-corrected chi connectivity index (χ3v) is 6.96. The molecule has 1 aliphatic rings. The zero-order valence-corrected chi connectivity index (χ0v) is 21.9. The van der Waals surface area contributed by atoms with Gasteiger partial charge in [0, 0.05) is 13.6 Å². The Kier molecular flexibility index (Phi) is 9.20. The number of halogens is 6. The molecule has 4 nitrogen and oxygen atoms in total. The molecule has 0 aromatic heterocycles. The van der Waals surface area contributed by atoms with Gasteiger partial charge in [-0.25, -0.2) is 0 Å². The smallest absolute Gasteiger partial charge is 0.372 e. The number of alkyl halides is 6. The maximum absolute atomic E-state index is 13.3. The van der Waals surface area contributed by atoms with Crippen LogP contribution in [-0.4, -0.2) is 41.9 Å². The molecule has 1 fully saturated rings. The van der Waals surface area contributed by atoms with Gasteiger partial charge in [0.2, 0.25) is 5.91 Å². The van der Waals surface area contributed by atoms with Crippen LogP contribution in [-0.2, 0) is 35.0 Å². The van der Waals surface area contributed by atoms with Gasteiger partial charge in [-0.2, -0.15) is 26.3 Å². The first-order valence-corrected chi connectivity index (χ1v) is 12.9. The van der Waals surface area contributed by atoms with Crippen LogP contribution in [0.25, 0.3) is 0 Å². The van der Waals surface area contributed by atoms with Crippen LogP contribution in [0, 0.1) is 0 Å². The number of likely N-dealkylation sites (N-methyl/N-ethyl adjacent to an activating group) is 1. The average Bonchev–Trinajstić information content (AvgIpc) is 2.92. The number of carbonyl (C=O) groups excluding carboxylic acids is 1. The Balaban J connectivity index is 1.54. The van der Waals surface area contributed by atoms with E-state index in [0.29, 0.717) is 38.1 Å². The van der Waals surface area contributed by atoms with Gasteiger partial charge in [0.1, 0.15) is 0 Å². The first-order chi connectivity index (χ1) is 18.9. The van der Waals surface area contributed by atoms with Crippen LogP contribution in [0.3, 0.4) is 0 Å². The summed E-state index contributed by atoms with van der Waals surface area (Å²) in [5, 5.41) is 0. The third-order valence-electron chi connectivity index (χ3n) is 6.96. The van der Waals surface area contributed by atoms with Crippen molar-refractivity contribution in [3.8, 4) is 0 Å². The lowest BCUT2D eigenvalue weighted by Crippen LogP contribution is -2.47. The number of amides is 1. The van der Waals surface area contributed by atoms with Crippen molar-refractivity contribution >= 4 is 5.91 Å². The predicted molar refractivity (Wildman–Crippen MR) is 138 cm³/mol. The molecule has 0 unspecified atom stereocenters. The number of likely N-dealkylation sites (tertiary alicyclic amines) is 1. The highest BCUT2D eigenvalue weighted by Gasteiger charge is 2.38. The number of ether oxygens (including phenoxy) is 1. The van der Waals surface area contributed by atoms with Crippen LogP contribution in [0.5, 0.6) is 0 Å². The van der Waals surface area contributed by atoms with Crippen molar-refractivity contribution < 1.29 is 35.9 Å². The van der Waals surface area contributed by atoms with Gasteiger partial charge in [-0.05, 0) is 54.3 Å². The summed E-state index contributed by atoms with van der Waals surface area (Å²) in [4.78, 5) is 16.8. The van der Waals surface area contributed by atoms with Crippen molar-refractivity contribution in [3.05, 3.63) is 107 Å². The Bertz CT molecular complexity index is 1230. The Hall–Kier alpha value is -3.37. The topological polar surface area (TPSA) is 32.8 Å². The van der Waals surface area contributed by atoms with E-state index in [0.717, 1.165) is 11.1 Å². The van der Waals surface area contributed by atoms with Crippen molar-refractivity contribution in [2.75, 3.05) is 20.1 Å². The summed E-state index contributed by atoms with van der Waals surface area (Å²) in [6, 6.07) is 19.9. The zero-order chi connectivity index (χ0) is 28.9. The van der Waals surface area contributed by atoms with E-state index in [9.17, 15) is 31.1 Å². The molecule has 40 heavy (non-hydrogen) atoms. The first kappa shape index (κ1) is 29.6. The molecule has 1 amide bonds. The van der Waals surface area contributed by atoms with Gasteiger partial charge in [0.15, 0.2) is 0 Å². The molecule has 10 heteroatoms. The molecule has 0 radical (unpaired) electrons. The summed E-state index contributed by atoms with van der Waals surface area (Å²) >= 11 is 0. The van der Waals surface area contributed by atoms with Crippen LogP contribution in [0.2, 0.25) is 0 Å². The highest BCUT2D eigenvalue weighted by Crippen LogP contribution is 2.38. The van der Waals surface area contributed by atoms with Gasteiger partial charge >= 0.3 is 12.4 Å². The Morgan fingerprint density at radius 1 is 0.875 bits per heavy atom. The van der Waals surface area contributed by atoms with Crippen LogP contribution >= 0.6 is 0 Å². The van der Waals surface area contributed by atoms with Crippen molar-refractivity contribution in [1.82, 2.24) is 9.80 Å². The normalized spacial score (nSPS) is 18.5. The number of rotatable bonds is 8. The molecular weight excluding hydrogens is 534 g/mol. The lowest BCUT2D eigenvalue weighted by Gasteiger charge is -2.41. The molecule has 3 aromatic rings. The van der Waals surface area contributed by atoms with E-state index >= 15 is 0 Å². The molecule has 2 atom stereocenters. The molecule has 1 saturated heterocycles. The Morgan fingerprint density at radius 3 is 2.02 bits per heavy atom. The summed E-state index contributed by atoms with van der Waals surface area (Å²) in [5.74, 6) is -0.113. The fourth-order valence-electron chi connectivity index (χ4n) is 5.00. The second kappa shape index (κ2) is 12.4. The first-order valence-electron chi connectivity index (χ1n) is 12.9. The second-order valence-corrected chi connectivity index (χ2v) is 9.97. The number of hydrogen-bond donors (Lipinski definition) is 0. The van der Waals surface area contributed by atoms with Crippen molar-refractivity contribution in [2.45, 2.75) is 50.5 Å². The van der Waals surface area contributed by atoms with Gasteiger partial charge in [0.25, 0.3) is 0 Å². The number of nitrogens with zero attached hydrogens (tertiary/aromatic N) is 2. The molecule has 0 saturated carbocycles. The molecule has 3 aromatic carbocycles. The minimum atomic E-state index is -4.93. The van der Waals surface area contributed by atoms with Crippen molar-refractivity contribution in [1.29, 1.82) is 0 Å². The molecular formula is C30H30F6N2O2. The molecule has 0 N–H and O–H groups in total. The minimum Gasteiger partial charge on any atom is -0.372 e. The summed E-state index contributed by atoms with van der Waals surface area (Å²) < 4.78 is 86.1. The summed E-state index contributed by atoms with van der Waals surface area (Å²) in [6.07, 6.45) is -9.23. The Labute approximate surface area is 229 Å². The number of piperidine rings is 1. The van der Waals surface area contributed by atoms with E-state index in [1.165, 1.54) is 0 Å². The minimum absolute atomic E-state index is 0.0878. The standard InChI is InChI=1S/C30H30F6N2O2/c1-37(18-21-9-4-2-5-10-21)27(39)19-38-14-8-13-26(28(38)23-11-6-3-7-12-23)40-20-22-15-24(29(31,32)33)17-25(16-22)30(34,35)36/h2-7,9-12,15-17,26,28H,8,13-14,18-20H2,1H3/t26-,28-/m0/s1. The largest absolute Gasteiger partial charge is 0.416 e. The summed E-state index contributed by atoms with van der Waals surface area (Å²) in [7, 11) is 1.72. The maximum Gasteiger partial charge on any atom is 0.416 e. The van der Waals surface area contributed by atoms with Gasteiger partial charge in [-0.1, -0.05) is 60.7 Å². The Morgan fingerprint density at radius 2 is 1.45 bits per heavy atom. The van der Waals surface area contributed by atoms with E-state index in [1.807, 2.05) is 65.6 Å². The van der Waals surface area contributed by atoms with E-state index in [2.05, 4.69) is 0 Å². The molecule has 0 aliphatic carbocycles. The van der Waals surface area contributed by atoms with Gasteiger partial charge in [0.05, 0.1) is 36.4 Å². The fourth-order valence-corrected chi connectivity index (χ4v) is 5.00. The zero-order valence-electron chi connectivity index (χ0n) is 21.9. The average molecular weight is 565 g/mol. The molecule has 0 bridgehead atoms. The molecule has 0 spiro atoms. The molecule has 1 aliphatic heterocycles. The van der Waals surface area contributed by atoms with Crippen LogP contribution < -0.4 is 0 Å². The van der Waals surface area contributed by atoms with Crippen molar-refractivity contribution in [3.63, 3.8) is 0 Å². The summed E-state index contributed by atoms with van der Waals surface area (Å²) in [6.45, 7) is 0.674. The number of hydrogen-bond acceptors (Lipinski definition) is 3. The maximum atomic E-state index is 13.3. The van der Waals surface area contributed by atoms with E-state index in [-0.39, 0.29) is 24.1 Å². The molecule has 1 heterocycles. The molecule has 214 valence electrons. The lowest BCUT2D eigenvalue weighted by atomic mass is 9.92. The van der Waals surface area contributed by atoms with Crippen LogP contribution in [0.4, 0.5) is 26.3 Å². The second-order valence-electron chi connectivity index (χ2n) is 9.97. The van der Waals surface area contributed by atoms with Crippen molar-refractivity contribution in [2.24, 2.45) is 0 Å². The van der Waals surface area contributed by atoms with E-state index < -0.39 is 42.2 Å². The number of benzene rings is 3. The van der Waals surface area contributed by atoms with Gasteiger partial charge in [-0.15, -0.1) is 0 Å². The third kappa shape index (κ3) is 7.63. The highest BCUT2D eigenvalue weighted by molar-refractivity contribution is 5.78. The quantitative estimate of drug-likeness (QED) is 0.274. The van der Waals surface area contributed by atoms with E-state index in [1.54, 1.807) is 11.9 Å². The summed E-state index contributed by atoms with van der Waals surface area (Å²) in [5.41, 5.74) is -1.14. The number of carbonyl (C=O) groups is 1. The molecule has 4 rings (SSSR count). The van der Waals surface area contributed by atoms with E-state index in [4.69, 9.17) is 4.74 Å². The van der Waals surface area contributed by atoms with Crippen LogP contribution in [0.1, 0.15) is 46.7 Å². The van der Waals surface area contributed by atoms with Gasteiger partial charge in [-0.3, -0.25) is 9.69 Å². The van der Waals surface area contributed by atoms with Gasteiger partial charge < -0.3 is 9.64 Å². The lowest BCUT2D eigenvalue weighted by molar-refractivity contribution is -0.143. The highest BCUT2D eigenvalue weighted by atomic mass is 19.4. The predicted octanol–water partition coefficient (Wildman–Crippen LogP) is 7.11.